The number of benzene rings is 1. The Labute approximate surface area is 150 Å². The fourth-order valence-electron chi connectivity index (χ4n) is 3.88. The number of nitrogens with zero attached hydrogens (tertiary/aromatic N) is 2. The minimum atomic E-state index is -0.647. The standard InChI is InChI=1S/C20H29N3O2/c1-15-6-8-16(9-7-15)21-20(2,3)19(25)22-13-10-17(11-14-22)23-12-4-5-18(23)24/h6-9,17,21H,4-5,10-14H2,1-3H3. The van der Waals surface area contributed by atoms with Crippen LogP contribution in [0.25, 0.3) is 0 Å². The molecule has 0 saturated carbocycles. The molecule has 5 heteroatoms. The number of hydrogen-bond donors (Lipinski definition) is 1. The number of nitrogens with one attached hydrogen (secondary N) is 1. The smallest absolute Gasteiger partial charge is 0.247 e. The minimum absolute atomic E-state index is 0.124. The van der Waals surface area contributed by atoms with Crippen molar-refractivity contribution in [1.29, 1.82) is 0 Å². The largest absolute Gasteiger partial charge is 0.372 e. The highest BCUT2D eigenvalue weighted by Gasteiger charge is 2.36. The van der Waals surface area contributed by atoms with Gasteiger partial charge in [0, 0.05) is 37.8 Å². The van der Waals surface area contributed by atoms with Gasteiger partial charge in [-0.15, -0.1) is 0 Å². The molecule has 2 aliphatic heterocycles. The molecule has 2 amide bonds. The van der Waals surface area contributed by atoms with E-state index in [2.05, 4.69) is 12.2 Å². The van der Waals surface area contributed by atoms with Crippen molar-refractivity contribution < 1.29 is 9.59 Å². The topological polar surface area (TPSA) is 52.7 Å². The fraction of sp³-hybridized carbons (Fsp3) is 0.600. The van der Waals surface area contributed by atoms with E-state index in [0.29, 0.717) is 12.5 Å². The maximum atomic E-state index is 13.0. The highest BCUT2D eigenvalue weighted by molar-refractivity contribution is 5.88. The molecule has 0 atom stereocenters. The van der Waals surface area contributed by atoms with Gasteiger partial charge >= 0.3 is 0 Å². The van der Waals surface area contributed by atoms with Crippen molar-refractivity contribution in [3.63, 3.8) is 0 Å². The summed E-state index contributed by atoms with van der Waals surface area (Å²) in [6, 6.07) is 8.42. The Hall–Kier alpha value is -2.04. The SMILES string of the molecule is Cc1ccc(NC(C)(C)C(=O)N2CCC(N3CCCC3=O)CC2)cc1. The summed E-state index contributed by atoms with van der Waals surface area (Å²) in [6.45, 7) is 8.27. The summed E-state index contributed by atoms with van der Waals surface area (Å²) in [5.74, 6) is 0.408. The van der Waals surface area contributed by atoms with E-state index >= 15 is 0 Å². The lowest BCUT2D eigenvalue weighted by Gasteiger charge is -2.40. The van der Waals surface area contributed by atoms with E-state index in [4.69, 9.17) is 0 Å². The first kappa shape index (κ1) is 17.8. The summed E-state index contributed by atoms with van der Waals surface area (Å²) < 4.78 is 0. The number of piperidine rings is 1. The monoisotopic (exact) mass is 343 g/mol. The third kappa shape index (κ3) is 3.97. The number of carbonyl (C=O) groups excluding carboxylic acids is 2. The van der Waals surface area contributed by atoms with Crippen LogP contribution in [0.3, 0.4) is 0 Å². The Morgan fingerprint density at radius 1 is 1.12 bits per heavy atom. The molecule has 1 N–H and O–H groups in total. The quantitative estimate of drug-likeness (QED) is 0.915. The number of anilines is 1. The first-order chi connectivity index (χ1) is 11.9. The first-order valence-corrected chi connectivity index (χ1v) is 9.30. The van der Waals surface area contributed by atoms with Crippen LogP contribution in [0.4, 0.5) is 5.69 Å². The van der Waals surface area contributed by atoms with Crippen LogP contribution in [0.1, 0.15) is 45.1 Å². The zero-order valence-corrected chi connectivity index (χ0v) is 15.5. The van der Waals surface area contributed by atoms with Crippen LogP contribution in [-0.4, -0.2) is 52.8 Å². The van der Waals surface area contributed by atoms with Gasteiger partial charge in [-0.2, -0.15) is 0 Å². The second-order valence-electron chi connectivity index (χ2n) is 7.83. The average Bonchev–Trinajstić information content (AvgIpc) is 3.02. The minimum Gasteiger partial charge on any atom is -0.372 e. The van der Waals surface area contributed by atoms with Gasteiger partial charge in [0.2, 0.25) is 11.8 Å². The van der Waals surface area contributed by atoms with Crippen molar-refractivity contribution in [2.75, 3.05) is 25.0 Å². The second kappa shape index (κ2) is 7.06. The Balaban J connectivity index is 1.57. The van der Waals surface area contributed by atoms with Crippen molar-refractivity contribution in [2.45, 2.75) is 58.0 Å². The fourth-order valence-corrected chi connectivity index (χ4v) is 3.88. The van der Waals surface area contributed by atoms with E-state index in [1.807, 2.05) is 47.9 Å². The van der Waals surface area contributed by atoms with Crippen LogP contribution in [0.2, 0.25) is 0 Å². The summed E-state index contributed by atoms with van der Waals surface area (Å²) >= 11 is 0. The van der Waals surface area contributed by atoms with Crippen molar-refractivity contribution in [2.24, 2.45) is 0 Å². The Kier molecular flexibility index (Phi) is 5.02. The molecule has 136 valence electrons. The molecule has 2 aliphatic rings. The number of carbonyl (C=O) groups is 2. The highest BCUT2D eigenvalue weighted by atomic mass is 16.2. The van der Waals surface area contributed by atoms with E-state index < -0.39 is 5.54 Å². The molecule has 0 bridgehead atoms. The van der Waals surface area contributed by atoms with Gasteiger partial charge in [-0.3, -0.25) is 9.59 Å². The molecule has 3 rings (SSSR count). The van der Waals surface area contributed by atoms with Gasteiger partial charge in [0.25, 0.3) is 0 Å². The molecule has 1 aromatic carbocycles. The van der Waals surface area contributed by atoms with Crippen molar-refractivity contribution in [3.8, 4) is 0 Å². The maximum Gasteiger partial charge on any atom is 0.247 e. The summed E-state index contributed by atoms with van der Waals surface area (Å²) in [6.07, 6.45) is 3.44. The van der Waals surface area contributed by atoms with Crippen molar-refractivity contribution in [3.05, 3.63) is 29.8 Å². The molecule has 2 fully saturated rings. The molecule has 2 heterocycles. The van der Waals surface area contributed by atoms with Gasteiger partial charge in [0.1, 0.15) is 5.54 Å². The molecule has 5 nitrogen and oxygen atoms in total. The Bertz CT molecular complexity index is 631. The normalized spacial score (nSPS) is 19.4. The third-order valence-electron chi connectivity index (χ3n) is 5.35. The lowest BCUT2D eigenvalue weighted by Crippen LogP contribution is -2.54. The molecule has 2 saturated heterocycles. The van der Waals surface area contributed by atoms with Gasteiger partial charge in [0.05, 0.1) is 0 Å². The summed E-state index contributed by atoms with van der Waals surface area (Å²) in [4.78, 5) is 28.8. The first-order valence-electron chi connectivity index (χ1n) is 9.30. The molecular weight excluding hydrogens is 314 g/mol. The molecular formula is C20H29N3O2. The van der Waals surface area contributed by atoms with E-state index in [0.717, 1.165) is 44.6 Å². The van der Waals surface area contributed by atoms with Gasteiger partial charge in [-0.1, -0.05) is 17.7 Å². The highest BCUT2D eigenvalue weighted by Crippen LogP contribution is 2.25. The number of hydrogen-bond acceptors (Lipinski definition) is 3. The lowest BCUT2D eigenvalue weighted by atomic mass is 9.98. The second-order valence-corrected chi connectivity index (χ2v) is 7.83. The van der Waals surface area contributed by atoms with Crippen LogP contribution in [0.15, 0.2) is 24.3 Å². The molecule has 0 radical (unpaired) electrons. The van der Waals surface area contributed by atoms with Gasteiger partial charge in [-0.05, 0) is 52.2 Å². The molecule has 0 unspecified atom stereocenters. The van der Waals surface area contributed by atoms with E-state index in [9.17, 15) is 9.59 Å². The van der Waals surface area contributed by atoms with Crippen LogP contribution >= 0.6 is 0 Å². The van der Waals surface area contributed by atoms with Crippen LogP contribution in [-0.2, 0) is 9.59 Å². The average molecular weight is 343 g/mol. The van der Waals surface area contributed by atoms with Crippen LogP contribution in [0, 0.1) is 6.92 Å². The summed E-state index contributed by atoms with van der Waals surface area (Å²) in [5, 5.41) is 3.36. The zero-order valence-electron chi connectivity index (χ0n) is 15.5. The van der Waals surface area contributed by atoms with E-state index in [1.165, 1.54) is 5.56 Å². The van der Waals surface area contributed by atoms with E-state index in [-0.39, 0.29) is 11.8 Å². The van der Waals surface area contributed by atoms with Gasteiger partial charge in [-0.25, -0.2) is 0 Å². The Morgan fingerprint density at radius 2 is 1.76 bits per heavy atom. The number of likely N-dealkylation sites (tertiary alicyclic amines) is 2. The molecule has 0 spiro atoms. The number of amides is 2. The van der Waals surface area contributed by atoms with Gasteiger partial charge < -0.3 is 15.1 Å². The lowest BCUT2D eigenvalue weighted by molar-refractivity contribution is -0.137. The predicted molar refractivity (Wildman–Crippen MR) is 99.4 cm³/mol. The van der Waals surface area contributed by atoms with Gasteiger partial charge in [0.15, 0.2) is 0 Å². The molecule has 0 aromatic heterocycles. The van der Waals surface area contributed by atoms with Crippen LogP contribution in [0.5, 0.6) is 0 Å². The van der Waals surface area contributed by atoms with Crippen molar-refractivity contribution >= 4 is 17.5 Å². The summed E-state index contributed by atoms with van der Waals surface area (Å²) in [7, 11) is 0. The molecule has 25 heavy (non-hydrogen) atoms. The Morgan fingerprint density at radius 3 is 2.32 bits per heavy atom. The zero-order chi connectivity index (χ0) is 18.0. The van der Waals surface area contributed by atoms with Crippen LogP contribution < -0.4 is 5.32 Å². The maximum absolute atomic E-state index is 13.0. The molecule has 1 aromatic rings. The number of aryl methyl sites for hydroxylation is 1. The van der Waals surface area contributed by atoms with Crippen molar-refractivity contribution in [1.82, 2.24) is 9.80 Å². The summed E-state index contributed by atoms with van der Waals surface area (Å²) in [5.41, 5.74) is 1.51. The molecule has 0 aliphatic carbocycles. The predicted octanol–water partition coefficient (Wildman–Crippen LogP) is 2.80. The third-order valence-corrected chi connectivity index (χ3v) is 5.35. The van der Waals surface area contributed by atoms with E-state index in [1.54, 1.807) is 0 Å². The number of rotatable bonds is 4.